The highest BCUT2D eigenvalue weighted by Gasteiger charge is 2.18. The van der Waals surface area contributed by atoms with Crippen molar-refractivity contribution in [3.8, 4) is 0 Å². The van der Waals surface area contributed by atoms with Crippen LogP contribution in [0.2, 0.25) is 0 Å². The average molecular weight is 279 g/mol. The maximum Gasteiger partial charge on any atom is 0.283 e. The number of aromatic nitrogens is 3. The van der Waals surface area contributed by atoms with Crippen molar-refractivity contribution in [1.82, 2.24) is 14.9 Å². The second-order valence-corrected chi connectivity index (χ2v) is 4.96. The van der Waals surface area contributed by atoms with Gasteiger partial charge in [-0.15, -0.1) is 10.2 Å². The van der Waals surface area contributed by atoms with Crippen LogP contribution in [0, 0.1) is 17.0 Å². The number of nitrogen functional groups attached to an aromatic ring is 1. The van der Waals surface area contributed by atoms with Crippen molar-refractivity contribution in [2.24, 2.45) is 0 Å². The van der Waals surface area contributed by atoms with Crippen LogP contribution >= 0.6 is 11.8 Å². The van der Waals surface area contributed by atoms with Gasteiger partial charge in [-0.1, -0.05) is 13.0 Å². The minimum atomic E-state index is -0.409. The van der Waals surface area contributed by atoms with Crippen LogP contribution in [-0.2, 0) is 6.42 Å². The summed E-state index contributed by atoms with van der Waals surface area (Å²) >= 11 is 1.14. The number of nitro benzene ring substituents is 1. The number of aryl methyl sites for hydroxylation is 2. The Morgan fingerprint density at radius 3 is 2.79 bits per heavy atom. The molecule has 7 nitrogen and oxygen atoms in total. The highest BCUT2D eigenvalue weighted by molar-refractivity contribution is 7.99. The summed E-state index contributed by atoms with van der Waals surface area (Å²) in [5.41, 5.74) is 0.880. The molecule has 0 radical (unpaired) electrons. The molecule has 100 valence electrons. The minimum absolute atomic E-state index is 0.0473. The van der Waals surface area contributed by atoms with Crippen LogP contribution < -0.4 is 5.84 Å². The Balaban J connectivity index is 2.37. The van der Waals surface area contributed by atoms with Crippen molar-refractivity contribution in [3.63, 3.8) is 0 Å². The summed E-state index contributed by atoms with van der Waals surface area (Å²) in [5.74, 6) is 6.46. The van der Waals surface area contributed by atoms with E-state index in [4.69, 9.17) is 5.84 Å². The maximum atomic E-state index is 11.0. The van der Waals surface area contributed by atoms with Crippen molar-refractivity contribution in [2.75, 3.05) is 5.84 Å². The molecule has 0 fully saturated rings. The van der Waals surface area contributed by atoms with Gasteiger partial charge >= 0.3 is 0 Å². The van der Waals surface area contributed by atoms with E-state index >= 15 is 0 Å². The fourth-order valence-electron chi connectivity index (χ4n) is 1.57. The van der Waals surface area contributed by atoms with E-state index in [1.807, 2.05) is 19.9 Å². The monoisotopic (exact) mass is 279 g/mol. The lowest BCUT2D eigenvalue weighted by molar-refractivity contribution is -0.387. The molecule has 0 spiro atoms. The lowest BCUT2D eigenvalue weighted by Gasteiger charge is -2.04. The molecule has 0 saturated heterocycles. The summed E-state index contributed by atoms with van der Waals surface area (Å²) < 4.78 is 1.36. The van der Waals surface area contributed by atoms with Gasteiger partial charge in [0.15, 0.2) is 5.82 Å². The molecule has 2 N–H and O–H groups in total. The zero-order valence-electron chi connectivity index (χ0n) is 10.5. The van der Waals surface area contributed by atoms with Crippen molar-refractivity contribution >= 4 is 17.4 Å². The molecule has 0 aliphatic heterocycles. The first-order chi connectivity index (χ1) is 9.02. The quantitative estimate of drug-likeness (QED) is 0.521. The molecule has 1 heterocycles. The summed E-state index contributed by atoms with van der Waals surface area (Å²) in [4.78, 5) is 11.1. The zero-order valence-corrected chi connectivity index (χ0v) is 11.3. The molecule has 0 aliphatic carbocycles. The normalized spacial score (nSPS) is 10.6. The van der Waals surface area contributed by atoms with Crippen LogP contribution in [0.1, 0.15) is 18.3 Å². The van der Waals surface area contributed by atoms with E-state index in [0.717, 1.165) is 17.3 Å². The molecule has 8 heteroatoms. The van der Waals surface area contributed by atoms with Crippen LogP contribution in [0.4, 0.5) is 5.69 Å². The van der Waals surface area contributed by atoms with Crippen LogP contribution in [0.15, 0.2) is 28.3 Å². The smallest absolute Gasteiger partial charge is 0.283 e. The molecular formula is C11H13N5O2S. The van der Waals surface area contributed by atoms with Crippen molar-refractivity contribution < 1.29 is 4.92 Å². The lowest BCUT2D eigenvalue weighted by Crippen LogP contribution is -2.13. The molecule has 0 saturated carbocycles. The van der Waals surface area contributed by atoms with Crippen molar-refractivity contribution in [2.45, 2.75) is 30.3 Å². The molecule has 0 atom stereocenters. The van der Waals surface area contributed by atoms with E-state index in [-0.39, 0.29) is 5.69 Å². The van der Waals surface area contributed by atoms with Gasteiger partial charge in [0.2, 0.25) is 5.16 Å². The van der Waals surface area contributed by atoms with Gasteiger partial charge in [-0.25, -0.2) is 4.68 Å². The minimum Gasteiger partial charge on any atom is -0.336 e. The second-order valence-electron chi connectivity index (χ2n) is 3.95. The Morgan fingerprint density at radius 2 is 2.21 bits per heavy atom. The largest absolute Gasteiger partial charge is 0.336 e. The second kappa shape index (κ2) is 5.27. The van der Waals surface area contributed by atoms with Gasteiger partial charge in [-0.2, -0.15) is 0 Å². The first-order valence-corrected chi connectivity index (χ1v) is 6.46. The third kappa shape index (κ3) is 2.68. The van der Waals surface area contributed by atoms with E-state index in [1.54, 1.807) is 6.07 Å². The van der Waals surface area contributed by atoms with Crippen LogP contribution in [0.5, 0.6) is 0 Å². The van der Waals surface area contributed by atoms with E-state index < -0.39 is 4.92 Å². The van der Waals surface area contributed by atoms with Gasteiger partial charge in [0.05, 0.1) is 9.82 Å². The van der Waals surface area contributed by atoms with E-state index in [1.165, 1.54) is 10.7 Å². The average Bonchev–Trinajstić information content (AvgIpc) is 2.72. The topological polar surface area (TPSA) is 99.9 Å². The van der Waals surface area contributed by atoms with E-state index in [0.29, 0.717) is 22.3 Å². The Morgan fingerprint density at radius 1 is 1.47 bits per heavy atom. The van der Waals surface area contributed by atoms with Gasteiger partial charge in [0.25, 0.3) is 5.69 Å². The summed E-state index contributed by atoms with van der Waals surface area (Å²) in [6, 6.07) is 5.03. The predicted octanol–water partition coefficient (Wildman–Crippen LogP) is 1.92. The highest BCUT2D eigenvalue weighted by Crippen LogP contribution is 2.34. The fourth-order valence-corrected chi connectivity index (χ4v) is 2.43. The van der Waals surface area contributed by atoms with Crippen LogP contribution in [0.3, 0.4) is 0 Å². The van der Waals surface area contributed by atoms with E-state index in [9.17, 15) is 10.1 Å². The summed E-state index contributed by atoms with van der Waals surface area (Å²) in [5, 5.41) is 19.3. The number of nitro groups is 1. The predicted molar refractivity (Wildman–Crippen MR) is 71.5 cm³/mol. The van der Waals surface area contributed by atoms with E-state index in [2.05, 4.69) is 10.2 Å². The number of benzene rings is 1. The number of hydrogen-bond acceptors (Lipinski definition) is 6. The first-order valence-electron chi connectivity index (χ1n) is 5.65. The van der Waals surface area contributed by atoms with Gasteiger partial charge in [0, 0.05) is 12.5 Å². The molecule has 2 aromatic rings. The molecule has 1 aromatic carbocycles. The zero-order chi connectivity index (χ0) is 14.0. The van der Waals surface area contributed by atoms with Gasteiger partial charge in [0.1, 0.15) is 0 Å². The van der Waals surface area contributed by atoms with Crippen LogP contribution in [-0.4, -0.2) is 19.8 Å². The first kappa shape index (κ1) is 13.3. The highest BCUT2D eigenvalue weighted by atomic mass is 32.2. The molecule has 0 unspecified atom stereocenters. The Bertz CT molecular complexity index is 626. The lowest BCUT2D eigenvalue weighted by atomic mass is 10.2. The van der Waals surface area contributed by atoms with Crippen LogP contribution in [0.25, 0.3) is 0 Å². The third-order valence-corrected chi connectivity index (χ3v) is 3.59. The molecule has 0 aliphatic rings. The van der Waals surface area contributed by atoms with Crippen molar-refractivity contribution in [1.29, 1.82) is 0 Å². The molecule has 1 aromatic heterocycles. The van der Waals surface area contributed by atoms with Crippen molar-refractivity contribution in [3.05, 3.63) is 39.7 Å². The molecule has 0 bridgehead atoms. The number of hydrogen-bond donors (Lipinski definition) is 1. The summed E-state index contributed by atoms with van der Waals surface area (Å²) in [6.45, 7) is 3.72. The number of nitrogens with zero attached hydrogens (tertiary/aromatic N) is 4. The molecule has 19 heavy (non-hydrogen) atoms. The molecular weight excluding hydrogens is 266 g/mol. The standard InChI is InChI=1S/C11H13N5O2S/c1-3-10-13-14-11(15(10)12)19-9-5-4-7(2)6-8(9)16(17)18/h4-6H,3,12H2,1-2H3. The molecule has 2 rings (SSSR count). The van der Waals surface area contributed by atoms with Gasteiger partial charge < -0.3 is 5.84 Å². The fraction of sp³-hybridized carbons (Fsp3) is 0.273. The third-order valence-electron chi connectivity index (χ3n) is 2.56. The summed E-state index contributed by atoms with van der Waals surface area (Å²) in [6.07, 6.45) is 0.653. The summed E-state index contributed by atoms with van der Waals surface area (Å²) in [7, 11) is 0. The Kier molecular flexibility index (Phi) is 3.70. The molecule has 0 amide bonds. The maximum absolute atomic E-state index is 11.0. The Hall–Kier alpha value is -2.09. The SMILES string of the molecule is CCc1nnc(Sc2ccc(C)cc2[N+](=O)[O-])n1N. The van der Waals surface area contributed by atoms with Gasteiger partial charge in [-0.05, 0) is 30.3 Å². The Labute approximate surface area is 113 Å². The number of nitrogens with two attached hydrogens (primary N) is 1. The number of rotatable bonds is 4. The van der Waals surface area contributed by atoms with Gasteiger partial charge in [-0.3, -0.25) is 10.1 Å².